The summed E-state index contributed by atoms with van der Waals surface area (Å²) in [7, 11) is -3.81. The molecule has 0 saturated heterocycles. The van der Waals surface area contributed by atoms with Gasteiger partial charge in [-0.15, -0.1) is 0 Å². The Morgan fingerprint density at radius 3 is 2.26 bits per heavy atom. The molecule has 7 heteroatoms. The zero-order valence-corrected chi connectivity index (χ0v) is 15.9. The Kier molecular flexibility index (Phi) is 5.79. The largest absolute Gasteiger partial charge is 0.349 e. The molecule has 144 valence electrons. The van der Waals surface area contributed by atoms with Gasteiger partial charge in [-0.05, 0) is 67.3 Å². The van der Waals surface area contributed by atoms with Gasteiger partial charge in [0.1, 0.15) is 5.82 Å². The predicted molar refractivity (Wildman–Crippen MR) is 103 cm³/mol. The van der Waals surface area contributed by atoms with Gasteiger partial charge >= 0.3 is 0 Å². The van der Waals surface area contributed by atoms with E-state index in [1.807, 2.05) is 0 Å². The van der Waals surface area contributed by atoms with E-state index >= 15 is 0 Å². The van der Waals surface area contributed by atoms with Gasteiger partial charge in [0.05, 0.1) is 4.90 Å². The quantitative estimate of drug-likeness (QED) is 0.812. The number of sulfonamides is 1. The van der Waals surface area contributed by atoms with E-state index in [-0.39, 0.29) is 22.5 Å². The first-order chi connectivity index (χ1) is 12.8. The molecule has 0 aromatic heterocycles. The van der Waals surface area contributed by atoms with Gasteiger partial charge in [0, 0.05) is 17.3 Å². The van der Waals surface area contributed by atoms with E-state index in [9.17, 15) is 17.6 Å². The van der Waals surface area contributed by atoms with Gasteiger partial charge in [-0.1, -0.05) is 19.8 Å². The van der Waals surface area contributed by atoms with E-state index in [0.29, 0.717) is 11.5 Å². The van der Waals surface area contributed by atoms with Crippen LogP contribution in [0.4, 0.5) is 10.1 Å². The molecular weight excluding hydrogens is 367 g/mol. The zero-order valence-electron chi connectivity index (χ0n) is 15.1. The molecule has 1 saturated carbocycles. The SMILES string of the molecule is CC1CCCCC1NC(=O)c1ccc(S(=O)(=O)Nc2ccc(F)cc2)cc1. The minimum absolute atomic E-state index is 0.0365. The highest BCUT2D eigenvalue weighted by Gasteiger charge is 2.23. The van der Waals surface area contributed by atoms with Crippen LogP contribution in [-0.4, -0.2) is 20.4 Å². The second-order valence-electron chi connectivity index (χ2n) is 6.98. The van der Waals surface area contributed by atoms with E-state index < -0.39 is 15.8 Å². The molecule has 2 atom stereocenters. The van der Waals surface area contributed by atoms with E-state index in [1.165, 1.54) is 55.0 Å². The van der Waals surface area contributed by atoms with Gasteiger partial charge < -0.3 is 5.32 Å². The molecular formula is C20H23FN2O3S. The fraction of sp³-hybridized carbons (Fsp3) is 0.350. The lowest BCUT2D eigenvalue weighted by molar-refractivity contribution is 0.0910. The predicted octanol–water partition coefficient (Wildman–Crippen LogP) is 3.94. The highest BCUT2D eigenvalue weighted by Crippen LogP contribution is 2.24. The second-order valence-corrected chi connectivity index (χ2v) is 8.66. The molecule has 5 nitrogen and oxygen atoms in total. The molecule has 1 fully saturated rings. The van der Waals surface area contributed by atoms with Gasteiger partial charge in [0.15, 0.2) is 0 Å². The summed E-state index contributed by atoms with van der Waals surface area (Å²) in [6, 6.07) is 11.0. The van der Waals surface area contributed by atoms with E-state index in [1.54, 1.807) is 0 Å². The first-order valence-corrected chi connectivity index (χ1v) is 10.5. The summed E-state index contributed by atoms with van der Waals surface area (Å²) in [5.41, 5.74) is 0.693. The number of carbonyl (C=O) groups excluding carboxylic acids is 1. The smallest absolute Gasteiger partial charge is 0.261 e. The van der Waals surface area contributed by atoms with E-state index in [2.05, 4.69) is 17.0 Å². The summed E-state index contributed by atoms with van der Waals surface area (Å²) in [5, 5.41) is 3.05. The van der Waals surface area contributed by atoms with Crippen LogP contribution in [0.25, 0.3) is 0 Å². The minimum atomic E-state index is -3.81. The van der Waals surface area contributed by atoms with Crippen molar-refractivity contribution in [1.29, 1.82) is 0 Å². The van der Waals surface area contributed by atoms with Crippen molar-refractivity contribution >= 4 is 21.6 Å². The Hall–Kier alpha value is -2.41. The number of carbonyl (C=O) groups is 1. The standard InChI is InChI=1S/C20H23FN2O3S/c1-14-4-2-3-5-19(14)22-20(24)15-6-12-18(13-7-15)27(25,26)23-17-10-8-16(21)9-11-17/h6-14,19,23H,2-5H2,1H3,(H,22,24). The number of halogens is 1. The van der Waals surface area contributed by atoms with Crippen molar-refractivity contribution in [3.8, 4) is 0 Å². The monoisotopic (exact) mass is 390 g/mol. The third-order valence-corrected chi connectivity index (χ3v) is 6.35. The Labute approximate surface area is 159 Å². The van der Waals surface area contributed by atoms with Crippen LogP contribution in [0.3, 0.4) is 0 Å². The van der Waals surface area contributed by atoms with Crippen LogP contribution < -0.4 is 10.0 Å². The molecule has 2 N–H and O–H groups in total. The first kappa shape index (κ1) is 19.4. The molecule has 2 unspecified atom stereocenters. The number of benzene rings is 2. The van der Waals surface area contributed by atoms with Crippen LogP contribution in [-0.2, 0) is 10.0 Å². The van der Waals surface area contributed by atoms with Crippen LogP contribution >= 0.6 is 0 Å². The Balaban J connectivity index is 1.68. The van der Waals surface area contributed by atoms with Gasteiger partial charge in [-0.25, -0.2) is 12.8 Å². The number of hydrogen-bond donors (Lipinski definition) is 2. The van der Waals surface area contributed by atoms with E-state index in [4.69, 9.17) is 0 Å². The fourth-order valence-electron chi connectivity index (χ4n) is 3.30. The van der Waals surface area contributed by atoms with Crippen LogP contribution in [0.1, 0.15) is 43.0 Å². The summed E-state index contributed by atoms with van der Waals surface area (Å²) in [6.07, 6.45) is 4.39. The fourth-order valence-corrected chi connectivity index (χ4v) is 4.36. The molecule has 2 aromatic rings. The number of hydrogen-bond acceptors (Lipinski definition) is 3. The number of amides is 1. The highest BCUT2D eigenvalue weighted by molar-refractivity contribution is 7.92. The van der Waals surface area contributed by atoms with Crippen molar-refractivity contribution in [2.75, 3.05) is 4.72 Å². The number of nitrogens with one attached hydrogen (secondary N) is 2. The molecule has 0 heterocycles. The second kappa shape index (κ2) is 8.08. The normalized spacial score (nSPS) is 20.1. The summed E-state index contributed by atoms with van der Waals surface area (Å²) < 4.78 is 40.2. The molecule has 0 radical (unpaired) electrons. The summed E-state index contributed by atoms with van der Waals surface area (Å²) in [4.78, 5) is 12.5. The molecule has 0 bridgehead atoms. The first-order valence-electron chi connectivity index (χ1n) is 9.04. The van der Waals surface area contributed by atoms with Crippen molar-refractivity contribution < 1.29 is 17.6 Å². The minimum Gasteiger partial charge on any atom is -0.349 e. The average Bonchev–Trinajstić information content (AvgIpc) is 2.65. The molecule has 1 aliphatic rings. The zero-order chi connectivity index (χ0) is 19.4. The van der Waals surface area contributed by atoms with Crippen molar-refractivity contribution in [2.24, 2.45) is 5.92 Å². The molecule has 0 aliphatic heterocycles. The molecule has 1 amide bonds. The summed E-state index contributed by atoms with van der Waals surface area (Å²) in [5.74, 6) is -0.188. The molecule has 27 heavy (non-hydrogen) atoms. The highest BCUT2D eigenvalue weighted by atomic mass is 32.2. The van der Waals surface area contributed by atoms with Crippen molar-refractivity contribution in [3.63, 3.8) is 0 Å². The topological polar surface area (TPSA) is 75.3 Å². The van der Waals surface area contributed by atoms with Gasteiger partial charge in [-0.2, -0.15) is 0 Å². The lowest BCUT2D eigenvalue weighted by Gasteiger charge is -2.29. The molecule has 2 aromatic carbocycles. The number of rotatable bonds is 5. The molecule has 0 spiro atoms. The van der Waals surface area contributed by atoms with Crippen molar-refractivity contribution in [3.05, 3.63) is 59.9 Å². The Bertz CT molecular complexity index is 896. The van der Waals surface area contributed by atoms with Crippen molar-refractivity contribution in [1.82, 2.24) is 5.32 Å². The van der Waals surface area contributed by atoms with Crippen LogP contribution in [0.2, 0.25) is 0 Å². The maximum Gasteiger partial charge on any atom is 0.261 e. The number of anilines is 1. The maximum atomic E-state index is 12.9. The van der Waals surface area contributed by atoms with Crippen LogP contribution in [0.15, 0.2) is 53.4 Å². The van der Waals surface area contributed by atoms with Gasteiger partial charge in [-0.3, -0.25) is 9.52 Å². The van der Waals surface area contributed by atoms with Crippen LogP contribution in [0, 0.1) is 11.7 Å². The Morgan fingerprint density at radius 2 is 1.63 bits per heavy atom. The maximum absolute atomic E-state index is 12.9. The Morgan fingerprint density at radius 1 is 1.00 bits per heavy atom. The lowest BCUT2D eigenvalue weighted by Crippen LogP contribution is -2.41. The van der Waals surface area contributed by atoms with Gasteiger partial charge in [0.2, 0.25) is 0 Å². The third kappa shape index (κ3) is 4.86. The average molecular weight is 390 g/mol. The molecule has 1 aliphatic carbocycles. The van der Waals surface area contributed by atoms with Crippen LogP contribution in [0.5, 0.6) is 0 Å². The van der Waals surface area contributed by atoms with E-state index in [0.717, 1.165) is 19.3 Å². The van der Waals surface area contributed by atoms with Crippen molar-refractivity contribution in [2.45, 2.75) is 43.5 Å². The van der Waals surface area contributed by atoms with Gasteiger partial charge in [0.25, 0.3) is 15.9 Å². The lowest BCUT2D eigenvalue weighted by atomic mass is 9.86. The third-order valence-electron chi connectivity index (χ3n) is 4.95. The summed E-state index contributed by atoms with van der Waals surface area (Å²) >= 11 is 0. The molecule has 3 rings (SSSR count). The summed E-state index contributed by atoms with van der Waals surface area (Å²) in [6.45, 7) is 2.14.